The van der Waals surface area contributed by atoms with E-state index in [0.717, 1.165) is 5.69 Å². The van der Waals surface area contributed by atoms with Crippen molar-refractivity contribution in [1.29, 1.82) is 0 Å². The van der Waals surface area contributed by atoms with E-state index < -0.39 is 0 Å². The maximum absolute atomic E-state index is 3.51. The second kappa shape index (κ2) is 5.58. The molecule has 0 fully saturated rings. The van der Waals surface area contributed by atoms with E-state index in [2.05, 4.69) is 74.9 Å². The zero-order chi connectivity index (χ0) is 12.1. The van der Waals surface area contributed by atoms with Crippen LogP contribution in [-0.4, -0.2) is 7.28 Å². The van der Waals surface area contributed by atoms with Gasteiger partial charge in [-0.15, -0.1) is 0 Å². The van der Waals surface area contributed by atoms with Crippen LogP contribution in [0.15, 0.2) is 54.6 Å². The minimum Gasteiger partial charge on any atom is -0.379 e. The lowest BCUT2D eigenvalue weighted by molar-refractivity contribution is 0.885. The van der Waals surface area contributed by atoms with Gasteiger partial charge in [0.1, 0.15) is 7.28 Å². The Kier molecular flexibility index (Phi) is 3.87. The summed E-state index contributed by atoms with van der Waals surface area (Å²) in [4.78, 5) is 0. The standard InChI is InChI=1S/C15H17BN/c1-12(13-7-4-3-5-8-13)17-15-10-6-9-14(11-15)16-2/h3-12,17H,1-2H3. The number of hydrogen-bond donors (Lipinski definition) is 1. The van der Waals surface area contributed by atoms with Crippen molar-refractivity contribution in [2.45, 2.75) is 19.8 Å². The molecule has 0 aromatic heterocycles. The summed E-state index contributed by atoms with van der Waals surface area (Å²) in [6.45, 7) is 4.23. The molecular weight excluding hydrogens is 205 g/mol. The topological polar surface area (TPSA) is 12.0 Å². The Hall–Kier alpha value is -1.70. The SMILES string of the molecule is C[B]c1cccc(NC(C)c2ccccc2)c1. The van der Waals surface area contributed by atoms with Gasteiger partial charge < -0.3 is 5.32 Å². The van der Waals surface area contributed by atoms with E-state index in [9.17, 15) is 0 Å². The first-order valence-corrected chi connectivity index (χ1v) is 6.00. The fourth-order valence-corrected chi connectivity index (χ4v) is 1.88. The van der Waals surface area contributed by atoms with Crippen LogP contribution in [0.3, 0.4) is 0 Å². The van der Waals surface area contributed by atoms with E-state index >= 15 is 0 Å². The molecule has 0 saturated heterocycles. The molecule has 1 radical (unpaired) electrons. The molecule has 17 heavy (non-hydrogen) atoms. The Morgan fingerprint density at radius 3 is 2.47 bits per heavy atom. The molecule has 1 atom stereocenters. The molecule has 0 spiro atoms. The summed E-state index contributed by atoms with van der Waals surface area (Å²) in [5.41, 5.74) is 3.71. The summed E-state index contributed by atoms with van der Waals surface area (Å²) < 4.78 is 0. The Bertz CT molecular complexity index is 467. The van der Waals surface area contributed by atoms with E-state index in [4.69, 9.17) is 0 Å². The maximum atomic E-state index is 3.51. The monoisotopic (exact) mass is 222 g/mol. The highest BCUT2D eigenvalue weighted by Gasteiger charge is 2.04. The van der Waals surface area contributed by atoms with Crippen molar-refractivity contribution in [2.75, 3.05) is 5.32 Å². The van der Waals surface area contributed by atoms with Gasteiger partial charge in [-0.3, -0.25) is 0 Å². The van der Waals surface area contributed by atoms with Gasteiger partial charge in [-0.1, -0.05) is 54.8 Å². The van der Waals surface area contributed by atoms with Crippen molar-refractivity contribution in [3.8, 4) is 0 Å². The molecular formula is C15H17BN. The van der Waals surface area contributed by atoms with E-state index in [1.807, 2.05) is 6.07 Å². The van der Waals surface area contributed by atoms with Crippen LogP contribution in [0, 0.1) is 0 Å². The summed E-state index contributed by atoms with van der Waals surface area (Å²) >= 11 is 0. The average Bonchev–Trinajstić information content (AvgIpc) is 2.40. The molecule has 0 saturated carbocycles. The fraction of sp³-hybridized carbons (Fsp3) is 0.200. The maximum Gasteiger partial charge on any atom is 0.148 e. The van der Waals surface area contributed by atoms with Crippen LogP contribution < -0.4 is 10.8 Å². The molecule has 1 N–H and O–H groups in total. The highest BCUT2D eigenvalue weighted by molar-refractivity contribution is 6.52. The highest BCUT2D eigenvalue weighted by atomic mass is 14.9. The van der Waals surface area contributed by atoms with Crippen molar-refractivity contribution in [3.63, 3.8) is 0 Å². The second-order valence-electron chi connectivity index (χ2n) is 4.19. The predicted molar refractivity (Wildman–Crippen MR) is 76.2 cm³/mol. The molecule has 1 nitrogen and oxygen atoms in total. The molecule has 0 aliphatic heterocycles. The van der Waals surface area contributed by atoms with E-state index in [1.54, 1.807) is 0 Å². The molecule has 0 heterocycles. The molecule has 1 unspecified atom stereocenters. The zero-order valence-electron chi connectivity index (χ0n) is 10.4. The van der Waals surface area contributed by atoms with Crippen LogP contribution >= 0.6 is 0 Å². The minimum absolute atomic E-state index is 0.323. The lowest BCUT2D eigenvalue weighted by Crippen LogP contribution is -2.13. The lowest BCUT2D eigenvalue weighted by Gasteiger charge is -2.16. The van der Waals surface area contributed by atoms with Gasteiger partial charge >= 0.3 is 0 Å². The van der Waals surface area contributed by atoms with E-state index in [0.29, 0.717) is 6.04 Å². The Labute approximate surface area is 104 Å². The smallest absolute Gasteiger partial charge is 0.148 e. The van der Waals surface area contributed by atoms with Crippen LogP contribution in [0.4, 0.5) is 5.69 Å². The summed E-state index contributed by atoms with van der Waals surface area (Å²) in [5.74, 6) is 0. The van der Waals surface area contributed by atoms with E-state index in [-0.39, 0.29) is 0 Å². The van der Waals surface area contributed by atoms with Gasteiger partial charge in [0.25, 0.3) is 0 Å². The van der Waals surface area contributed by atoms with Gasteiger partial charge in [-0.2, -0.15) is 0 Å². The molecule has 2 aromatic rings. The zero-order valence-corrected chi connectivity index (χ0v) is 10.4. The summed E-state index contributed by atoms with van der Waals surface area (Å²) in [6, 6.07) is 19.3. The molecule has 2 heteroatoms. The Morgan fingerprint density at radius 1 is 1.00 bits per heavy atom. The highest BCUT2D eigenvalue weighted by Crippen LogP contribution is 2.17. The lowest BCUT2D eigenvalue weighted by atomic mass is 9.73. The van der Waals surface area contributed by atoms with Gasteiger partial charge in [0.05, 0.1) is 0 Å². The number of nitrogens with one attached hydrogen (secondary N) is 1. The predicted octanol–water partition coefficient (Wildman–Crippen LogP) is 3.24. The largest absolute Gasteiger partial charge is 0.379 e. The van der Waals surface area contributed by atoms with Crippen molar-refractivity contribution >= 4 is 18.4 Å². The second-order valence-corrected chi connectivity index (χ2v) is 4.19. The number of benzene rings is 2. The van der Waals surface area contributed by atoms with Crippen molar-refractivity contribution in [1.82, 2.24) is 0 Å². The average molecular weight is 222 g/mol. The third-order valence-corrected chi connectivity index (χ3v) is 2.90. The van der Waals surface area contributed by atoms with Crippen LogP contribution in [0.5, 0.6) is 0 Å². The van der Waals surface area contributed by atoms with Crippen molar-refractivity contribution in [2.24, 2.45) is 0 Å². The first-order chi connectivity index (χ1) is 8.29. The quantitative estimate of drug-likeness (QED) is 0.783. The van der Waals surface area contributed by atoms with Gasteiger partial charge in [0.15, 0.2) is 0 Å². The summed E-state index contributed by atoms with van der Waals surface area (Å²) in [5, 5.41) is 3.51. The third kappa shape index (κ3) is 3.13. The Morgan fingerprint density at radius 2 is 1.76 bits per heavy atom. The molecule has 85 valence electrons. The van der Waals surface area contributed by atoms with Gasteiger partial charge in [0, 0.05) is 11.7 Å². The Balaban J connectivity index is 2.10. The molecule has 2 rings (SSSR count). The van der Waals surface area contributed by atoms with Crippen molar-refractivity contribution < 1.29 is 0 Å². The van der Waals surface area contributed by atoms with E-state index in [1.165, 1.54) is 11.0 Å². The van der Waals surface area contributed by atoms with Crippen LogP contribution in [0.2, 0.25) is 6.82 Å². The third-order valence-electron chi connectivity index (χ3n) is 2.90. The fourth-order valence-electron chi connectivity index (χ4n) is 1.88. The number of hydrogen-bond acceptors (Lipinski definition) is 1. The first-order valence-electron chi connectivity index (χ1n) is 6.00. The van der Waals surface area contributed by atoms with Gasteiger partial charge in [0.2, 0.25) is 0 Å². The molecule has 2 aromatic carbocycles. The van der Waals surface area contributed by atoms with Crippen LogP contribution in [0.25, 0.3) is 0 Å². The molecule has 0 aliphatic carbocycles. The van der Waals surface area contributed by atoms with Crippen LogP contribution in [-0.2, 0) is 0 Å². The number of anilines is 1. The van der Waals surface area contributed by atoms with Crippen molar-refractivity contribution in [3.05, 3.63) is 60.2 Å². The molecule has 0 amide bonds. The molecule has 0 bridgehead atoms. The first kappa shape index (κ1) is 11.8. The van der Waals surface area contributed by atoms with Gasteiger partial charge in [-0.25, -0.2) is 0 Å². The van der Waals surface area contributed by atoms with Gasteiger partial charge in [-0.05, 0) is 24.6 Å². The molecule has 0 aliphatic rings. The van der Waals surface area contributed by atoms with Crippen LogP contribution in [0.1, 0.15) is 18.5 Å². The summed E-state index contributed by atoms with van der Waals surface area (Å²) in [7, 11) is 2.11. The normalized spacial score (nSPS) is 11.9. The number of rotatable bonds is 4. The summed E-state index contributed by atoms with van der Waals surface area (Å²) in [6.07, 6.45) is 0. The minimum atomic E-state index is 0.323.